The highest BCUT2D eigenvalue weighted by Gasteiger charge is 2.62. The van der Waals surface area contributed by atoms with Gasteiger partial charge in [-0.25, -0.2) is 9.59 Å². The summed E-state index contributed by atoms with van der Waals surface area (Å²) in [5, 5.41) is 0. The highest BCUT2D eigenvalue weighted by atomic mass is 16.6. The summed E-state index contributed by atoms with van der Waals surface area (Å²) in [6.07, 6.45) is 0.254. The topological polar surface area (TPSA) is 85.1 Å². The van der Waals surface area contributed by atoms with Gasteiger partial charge in [-0.3, -0.25) is 4.90 Å². The zero-order valence-corrected chi connectivity index (χ0v) is 16.1. The summed E-state index contributed by atoms with van der Waals surface area (Å²) in [6.45, 7) is 7.89. The van der Waals surface area contributed by atoms with Crippen molar-refractivity contribution in [3.63, 3.8) is 0 Å². The van der Waals surface area contributed by atoms with Crippen molar-refractivity contribution in [1.29, 1.82) is 0 Å². The highest BCUT2D eigenvalue weighted by Crippen LogP contribution is 2.59. The molecule has 2 amide bonds. The van der Waals surface area contributed by atoms with Gasteiger partial charge in [-0.05, 0) is 50.8 Å². The van der Waals surface area contributed by atoms with Crippen molar-refractivity contribution in [2.24, 2.45) is 11.7 Å². The number of fused-ring (bicyclic) bond motifs is 1. The summed E-state index contributed by atoms with van der Waals surface area (Å²) in [4.78, 5) is 27.8. The fourth-order valence-corrected chi connectivity index (χ4v) is 4.22. The van der Waals surface area contributed by atoms with E-state index in [1.807, 2.05) is 37.8 Å². The number of anilines is 1. The average Bonchev–Trinajstić information content (AvgIpc) is 2.98. The lowest BCUT2D eigenvalue weighted by atomic mass is 9.95. The Morgan fingerprint density at radius 1 is 1.30 bits per heavy atom. The molecule has 7 heteroatoms. The number of hydrogen-bond acceptors (Lipinski definition) is 5. The first kappa shape index (κ1) is 18.1. The second-order valence-corrected chi connectivity index (χ2v) is 8.82. The number of benzene rings is 1. The molecule has 0 spiro atoms. The molecule has 7 nitrogen and oxygen atoms in total. The van der Waals surface area contributed by atoms with E-state index in [4.69, 9.17) is 15.2 Å². The third-order valence-electron chi connectivity index (χ3n) is 5.69. The van der Waals surface area contributed by atoms with Gasteiger partial charge in [-0.1, -0.05) is 12.1 Å². The minimum absolute atomic E-state index is 0.0285. The van der Waals surface area contributed by atoms with Crippen LogP contribution in [-0.2, 0) is 14.9 Å². The van der Waals surface area contributed by atoms with Crippen LogP contribution in [0.15, 0.2) is 24.3 Å². The molecule has 3 fully saturated rings. The summed E-state index contributed by atoms with van der Waals surface area (Å²) in [5.74, 6) is 0.481. The maximum atomic E-state index is 12.4. The Morgan fingerprint density at radius 2 is 2.00 bits per heavy atom. The first-order chi connectivity index (χ1) is 12.7. The Hall–Kier alpha value is -2.28. The molecule has 1 aliphatic carbocycles. The lowest BCUT2D eigenvalue weighted by molar-refractivity contribution is 0.0270. The number of amides is 2. The van der Waals surface area contributed by atoms with E-state index in [-0.39, 0.29) is 23.7 Å². The number of nitrogens with zero attached hydrogens (tertiary/aromatic N) is 2. The molecule has 0 aromatic heterocycles. The maximum Gasteiger partial charge on any atom is 0.414 e. The number of rotatable bonds is 3. The monoisotopic (exact) mass is 373 g/mol. The minimum Gasteiger partial charge on any atom is -0.444 e. The number of piperidine rings is 1. The fourth-order valence-electron chi connectivity index (χ4n) is 4.22. The first-order valence-electron chi connectivity index (χ1n) is 9.48. The number of hydrogen-bond donors (Lipinski definition) is 1. The molecule has 2 heterocycles. The van der Waals surface area contributed by atoms with Crippen LogP contribution in [0.25, 0.3) is 0 Å². The van der Waals surface area contributed by atoms with Gasteiger partial charge >= 0.3 is 12.2 Å². The fraction of sp³-hybridized carbons (Fsp3) is 0.600. The highest BCUT2D eigenvalue weighted by molar-refractivity contribution is 5.89. The SMILES string of the molecule is CC(C)(C)OC(=O)N1CC2CC2(c2ccc(N3CC(CN)OC3=O)cc2)C1. The molecule has 4 rings (SSSR count). The molecule has 1 saturated carbocycles. The van der Waals surface area contributed by atoms with Crippen LogP contribution in [0.2, 0.25) is 0 Å². The second kappa shape index (κ2) is 6.12. The van der Waals surface area contributed by atoms with Gasteiger partial charge in [0.15, 0.2) is 0 Å². The normalized spacial score (nSPS) is 29.6. The van der Waals surface area contributed by atoms with E-state index in [1.54, 1.807) is 4.90 Å². The first-order valence-corrected chi connectivity index (χ1v) is 9.48. The average molecular weight is 373 g/mol. The number of carbonyl (C=O) groups is 2. The zero-order valence-electron chi connectivity index (χ0n) is 16.1. The van der Waals surface area contributed by atoms with Crippen molar-refractivity contribution < 1.29 is 19.1 Å². The predicted molar refractivity (Wildman–Crippen MR) is 101 cm³/mol. The molecule has 3 atom stereocenters. The number of nitrogens with two attached hydrogens (primary N) is 1. The third-order valence-corrected chi connectivity index (χ3v) is 5.69. The van der Waals surface area contributed by atoms with Crippen molar-refractivity contribution in [2.75, 3.05) is 31.1 Å². The van der Waals surface area contributed by atoms with E-state index in [1.165, 1.54) is 5.56 Å². The number of carbonyl (C=O) groups excluding carboxylic acids is 2. The summed E-state index contributed by atoms with van der Waals surface area (Å²) in [6, 6.07) is 8.04. The number of cyclic esters (lactones) is 1. The van der Waals surface area contributed by atoms with Crippen LogP contribution in [0.5, 0.6) is 0 Å². The van der Waals surface area contributed by atoms with Crippen molar-refractivity contribution in [2.45, 2.75) is 44.3 Å². The molecule has 0 radical (unpaired) electrons. The Balaban J connectivity index is 1.45. The van der Waals surface area contributed by atoms with Gasteiger partial charge in [-0.2, -0.15) is 0 Å². The minimum atomic E-state index is -0.482. The molecular weight excluding hydrogens is 346 g/mol. The van der Waals surface area contributed by atoms with E-state index >= 15 is 0 Å². The molecule has 2 saturated heterocycles. The Bertz CT molecular complexity index is 757. The molecule has 1 aromatic rings. The van der Waals surface area contributed by atoms with Crippen molar-refractivity contribution in [3.05, 3.63) is 29.8 Å². The lowest BCUT2D eigenvalue weighted by Crippen LogP contribution is -2.37. The van der Waals surface area contributed by atoms with E-state index in [9.17, 15) is 9.59 Å². The summed E-state index contributed by atoms with van der Waals surface area (Å²) < 4.78 is 10.7. The Kier molecular flexibility index (Phi) is 4.10. The van der Waals surface area contributed by atoms with Crippen molar-refractivity contribution in [1.82, 2.24) is 4.90 Å². The van der Waals surface area contributed by atoms with Gasteiger partial charge in [0.05, 0.1) is 6.54 Å². The Morgan fingerprint density at radius 3 is 2.59 bits per heavy atom. The summed E-state index contributed by atoms with van der Waals surface area (Å²) in [5.41, 5.74) is 7.17. The molecule has 1 aromatic carbocycles. The molecule has 146 valence electrons. The molecule has 0 bridgehead atoms. The van der Waals surface area contributed by atoms with Gasteiger partial charge in [0.25, 0.3) is 0 Å². The zero-order chi connectivity index (χ0) is 19.4. The second-order valence-electron chi connectivity index (χ2n) is 8.82. The van der Waals surface area contributed by atoms with Crippen LogP contribution in [0.3, 0.4) is 0 Å². The third kappa shape index (κ3) is 3.25. The van der Waals surface area contributed by atoms with E-state index in [0.717, 1.165) is 18.7 Å². The molecular formula is C20H27N3O4. The summed E-state index contributed by atoms with van der Waals surface area (Å²) in [7, 11) is 0. The maximum absolute atomic E-state index is 12.4. The van der Waals surface area contributed by atoms with Gasteiger partial charge < -0.3 is 20.1 Å². The van der Waals surface area contributed by atoms with Gasteiger partial charge in [0.2, 0.25) is 0 Å². The van der Waals surface area contributed by atoms with Crippen LogP contribution in [0.1, 0.15) is 32.8 Å². The van der Waals surface area contributed by atoms with Crippen molar-refractivity contribution >= 4 is 17.9 Å². The summed E-state index contributed by atoms with van der Waals surface area (Å²) >= 11 is 0. The Labute approximate surface area is 159 Å². The van der Waals surface area contributed by atoms with Crippen LogP contribution in [0, 0.1) is 5.92 Å². The van der Waals surface area contributed by atoms with E-state index in [2.05, 4.69) is 12.1 Å². The molecule has 2 N–H and O–H groups in total. The van der Waals surface area contributed by atoms with Gasteiger partial charge in [0.1, 0.15) is 11.7 Å². The van der Waals surface area contributed by atoms with E-state index in [0.29, 0.717) is 25.6 Å². The lowest BCUT2D eigenvalue weighted by Gasteiger charge is -2.26. The molecule has 3 unspecified atom stereocenters. The molecule has 2 aliphatic heterocycles. The van der Waals surface area contributed by atoms with Crippen LogP contribution in [-0.4, -0.2) is 55.0 Å². The molecule has 3 aliphatic rings. The van der Waals surface area contributed by atoms with Gasteiger partial charge in [-0.15, -0.1) is 0 Å². The van der Waals surface area contributed by atoms with Gasteiger partial charge in [0, 0.05) is 30.7 Å². The van der Waals surface area contributed by atoms with Crippen LogP contribution >= 0.6 is 0 Å². The number of likely N-dealkylation sites (tertiary alicyclic amines) is 1. The van der Waals surface area contributed by atoms with Crippen LogP contribution < -0.4 is 10.6 Å². The largest absolute Gasteiger partial charge is 0.444 e. The molecule has 27 heavy (non-hydrogen) atoms. The standard InChI is InChI=1S/C20H27N3O4/c1-19(2,3)27-17(24)22-10-14-8-20(14,12-22)13-4-6-15(7-5-13)23-11-16(9-21)26-18(23)25/h4-7,14,16H,8-12,21H2,1-3H3. The quantitative estimate of drug-likeness (QED) is 0.880. The predicted octanol–water partition coefficient (Wildman–Crippen LogP) is 2.48. The smallest absolute Gasteiger partial charge is 0.414 e. The number of ether oxygens (including phenoxy) is 2. The van der Waals surface area contributed by atoms with Crippen LogP contribution in [0.4, 0.5) is 15.3 Å². The van der Waals surface area contributed by atoms with Crippen molar-refractivity contribution in [3.8, 4) is 0 Å². The van der Waals surface area contributed by atoms with E-state index < -0.39 is 5.60 Å².